The molecule has 0 saturated carbocycles. The molecule has 0 aromatic rings. The third kappa shape index (κ3) is 5.35. The zero-order valence-electron chi connectivity index (χ0n) is 15.4. The van der Waals surface area contributed by atoms with Gasteiger partial charge in [0.15, 0.2) is 0 Å². The van der Waals surface area contributed by atoms with Crippen LogP contribution in [0.25, 0.3) is 0 Å². The van der Waals surface area contributed by atoms with Crippen LogP contribution in [0, 0.1) is 0 Å². The molecule has 0 aliphatic carbocycles. The summed E-state index contributed by atoms with van der Waals surface area (Å²) >= 11 is 0. The molecule has 0 bridgehead atoms. The van der Waals surface area contributed by atoms with E-state index in [0.717, 1.165) is 70.8 Å². The van der Waals surface area contributed by atoms with Crippen LogP contribution in [0.3, 0.4) is 0 Å². The predicted octanol–water partition coefficient (Wildman–Crippen LogP) is 0.267. The highest BCUT2D eigenvalue weighted by atomic mass is 16.5. The lowest BCUT2D eigenvalue weighted by molar-refractivity contribution is -0.120. The van der Waals surface area contributed by atoms with Gasteiger partial charge in [-0.3, -0.25) is 25.5 Å². The second-order valence-corrected chi connectivity index (χ2v) is 7.03. The van der Waals surface area contributed by atoms with Crippen molar-refractivity contribution in [3.63, 3.8) is 0 Å². The molecule has 3 heterocycles. The van der Waals surface area contributed by atoms with E-state index in [1.54, 1.807) is 0 Å². The monoisotopic (exact) mass is 364 g/mol. The molecule has 2 unspecified atom stereocenters. The summed E-state index contributed by atoms with van der Waals surface area (Å²) in [4.78, 5) is 6.78. The number of hydrogen-bond acceptors (Lipinski definition) is 8. The van der Waals surface area contributed by atoms with Crippen LogP contribution in [-0.2, 0) is 0 Å². The molecule has 0 amide bonds. The molecule has 0 spiro atoms. The second kappa shape index (κ2) is 10.1. The maximum Gasteiger partial charge on any atom is 0.104 e. The van der Waals surface area contributed by atoms with E-state index in [1.807, 2.05) is 24.4 Å². The Morgan fingerprint density at radius 2 is 2.19 bits per heavy atom. The van der Waals surface area contributed by atoms with Crippen molar-refractivity contribution in [3.8, 4) is 0 Å². The zero-order valence-corrected chi connectivity index (χ0v) is 15.4. The molecule has 2 atom stereocenters. The number of rotatable bonds is 8. The molecule has 2 fully saturated rings. The van der Waals surface area contributed by atoms with E-state index in [9.17, 15) is 10.4 Å². The fraction of sp³-hybridized carbons (Fsp3) is 0.722. The van der Waals surface area contributed by atoms with Gasteiger partial charge >= 0.3 is 0 Å². The lowest BCUT2D eigenvalue weighted by atomic mass is 10.1. The molecule has 0 aromatic heterocycles. The average Bonchev–Trinajstić information content (AvgIpc) is 3.11. The standard InChI is InChI=1S/C18H32N6O2/c25-23-11-3-1-5-16(23)15-20-8-7-19-9-13-22-14-10-21-18(22)17-6-2-4-12-24(17)26/h2,4,6,15-16,18-19,21,25-26H,1,3,5,7-14H2. The Labute approximate surface area is 155 Å². The minimum atomic E-state index is 0.0756. The zero-order chi connectivity index (χ0) is 18.2. The Kier molecular flexibility index (Phi) is 7.60. The van der Waals surface area contributed by atoms with Crippen LogP contribution in [0.2, 0.25) is 0 Å². The Bertz CT molecular complexity index is 524. The first kappa shape index (κ1) is 19.5. The molecule has 3 aliphatic rings. The highest BCUT2D eigenvalue weighted by Crippen LogP contribution is 2.17. The van der Waals surface area contributed by atoms with Crippen molar-refractivity contribution in [1.29, 1.82) is 0 Å². The van der Waals surface area contributed by atoms with Crippen LogP contribution >= 0.6 is 0 Å². The van der Waals surface area contributed by atoms with Crippen LogP contribution < -0.4 is 10.6 Å². The first-order valence-electron chi connectivity index (χ1n) is 9.72. The van der Waals surface area contributed by atoms with Gasteiger partial charge in [0.2, 0.25) is 0 Å². The van der Waals surface area contributed by atoms with E-state index < -0.39 is 0 Å². The van der Waals surface area contributed by atoms with Crippen LogP contribution in [0.5, 0.6) is 0 Å². The number of nitrogens with zero attached hydrogens (tertiary/aromatic N) is 4. The summed E-state index contributed by atoms with van der Waals surface area (Å²) in [6, 6.07) is 0.0828. The van der Waals surface area contributed by atoms with Gasteiger partial charge in [0.25, 0.3) is 0 Å². The molecule has 8 heteroatoms. The van der Waals surface area contributed by atoms with Gasteiger partial charge in [0.05, 0.1) is 24.8 Å². The predicted molar refractivity (Wildman–Crippen MR) is 101 cm³/mol. The van der Waals surface area contributed by atoms with Gasteiger partial charge in [-0.2, -0.15) is 5.06 Å². The molecule has 3 aliphatic heterocycles. The minimum absolute atomic E-state index is 0.0756. The lowest BCUT2D eigenvalue weighted by Gasteiger charge is -2.31. The summed E-state index contributed by atoms with van der Waals surface area (Å²) in [5, 5.41) is 29.4. The van der Waals surface area contributed by atoms with E-state index in [1.165, 1.54) is 10.1 Å². The van der Waals surface area contributed by atoms with Gasteiger partial charge in [-0.05, 0) is 18.9 Å². The highest BCUT2D eigenvalue weighted by molar-refractivity contribution is 5.64. The number of aliphatic imine (C=N–C) groups is 1. The van der Waals surface area contributed by atoms with Crippen molar-refractivity contribution in [3.05, 3.63) is 23.9 Å². The summed E-state index contributed by atoms with van der Waals surface area (Å²) in [5.41, 5.74) is 0.913. The van der Waals surface area contributed by atoms with E-state index in [-0.39, 0.29) is 12.2 Å². The smallest absolute Gasteiger partial charge is 0.104 e. The Morgan fingerprint density at radius 1 is 1.27 bits per heavy atom. The highest BCUT2D eigenvalue weighted by Gasteiger charge is 2.29. The van der Waals surface area contributed by atoms with Crippen molar-refractivity contribution in [2.24, 2.45) is 4.99 Å². The van der Waals surface area contributed by atoms with Crippen LogP contribution in [0.1, 0.15) is 19.3 Å². The molecule has 26 heavy (non-hydrogen) atoms. The summed E-state index contributed by atoms with van der Waals surface area (Å²) in [6.45, 7) is 6.57. The maximum atomic E-state index is 10.0. The molecule has 8 nitrogen and oxygen atoms in total. The third-order valence-electron chi connectivity index (χ3n) is 5.15. The van der Waals surface area contributed by atoms with E-state index >= 15 is 0 Å². The number of hydrogen-bond donors (Lipinski definition) is 4. The molecule has 0 aromatic carbocycles. The van der Waals surface area contributed by atoms with Crippen LogP contribution in [0.15, 0.2) is 28.9 Å². The number of nitrogens with one attached hydrogen (secondary N) is 2. The van der Waals surface area contributed by atoms with Gasteiger partial charge < -0.3 is 10.5 Å². The number of allylic oxidation sites excluding steroid dienone is 2. The third-order valence-corrected chi connectivity index (χ3v) is 5.15. The van der Waals surface area contributed by atoms with Crippen molar-refractivity contribution in [1.82, 2.24) is 25.7 Å². The molecule has 146 valence electrons. The van der Waals surface area contributed by atoms with Crippen molar-refractivity contribution < 1.29 is 10.4 Å². The molecular weight excluding hydrogens is 332 g/mol. The SMILES string of the molecule is ON1CC=CC=C1C1NCCN1CCNCCN=CC1CCCCN1O. The van der Waals surface area contributed by atoms with Gasteiger partial charge in [-0.15, -0.1) is 0 Å². The quantitative estimate of drug-likeness (QED) is 0.363. The number of hydroxylamine groups is 4. The summed E-state index contributed by atoms with van der Waals surface area (Å²) in [7, 11) is 0. The van der Waals surface area contributed by atoms with Gasteiger partial charge in [-0.1, -0.05) is 18.6 Å². The summed E-state index contributed by atoms with van der Waals surface area (Å²) in [5.74, 6) is 0. The summed E-state index contributed by atoms with van der Waals surface area (Å²) in [6.07, 6.45) is 11.1. The molecule has 0 radical (unpaired) electrons. The minimum Gasteiger partial charge on any atom is -0.314 e. The maximum absolute atomic E-state index is 10.0. The first-order valence-corrected chi connectivity index (χ1v) is 9.72. The van der Waals surface area contributed by atoms with E-state index in [2.05, 4.69) is 20.5 Å². The first-order chi connectivity index (χ1) is 12.8. The lowest BCUT2D eigenvalue weighted by Crippen LogP contribution is -2.45. The van der Waals surface area contributed by atoms with E-state index in [4.69, 9.17) is 0 Å². The van der Waals surface area contributed by atoms with E-state index in [0.29, 0.717) is 6.54 Å². The molecule has 4 N–H and O–H groups in total. The Balaban J connectivity index is 1.32. The second-order valence-electron chi connectivity index (χ2n) is 7.03. The van der Waals surface area contributed by atoms with Gasteiger partial charge in [0, 0.05) is 45.5 Å². The molecular formula is C18H32N6O2. The normalized spacial score (nSPS) is 28.2. The average molecular weight is 364 g/mol. The van der Waals surface area contributed by atoms with Gasteiger partial charge in [0.1, 0.15) is 6.17 Å². The van der Waals surface area contributed by atoms with Crippen molar-refractivity contribution in [2.75, 3.05) is 52.4 Å². The molecule has 2 saturated heterocycles. The van der Waals surface area contributed by atoms with Crippen LogP contribution in [0.4, 0.5) is 0 Å². The van der Waals surface area contributed by atoms with Crippen molar-refractivity contribution >= 4 is 6.21 Å². The van der Waals surface area contributed by atoms with Crippen LogP contribution in [-0.4, -0.2) is 96.2 Å². The largest absolute Gasteiger partial charge is 0.314 e. The van der Waals surface area contributed by atoms with Gasteiger partial charge in [-0.25, -0.2) is 0 Å². The Hall–Kier alpha value is -1.29. The fourth-order valence-corrected chi connectivity index (χ4v) is 3.67. The molecule has 3 rings (SSSR count). The fourth-order valence-electron chi connectivity index (χ4n) is 3.67. The Morgan fingerprint density at radius 3 is 3.04 bits per heavy atom. The number of piperidine rings is 1. The topological polar surface area (TPSA) is 86.6 Å². The van der Waals surface area contributed by atoms with Crippen molar-refractivity contribution in [2.45, 2.75) is 31.5 Å². The summed E-state index contributed by atoms with van der Waals surface area (Å²) < 4.78 is 0.